The van der Waals surface area contributed by atoms with Gasteiger partial charge in [-0.15, -0.1) is 0 Å². The third-order valence-electron chi connectivity index (χ3n) is 7.09. The quantitative estimate of drug-likeness (QED) is 0.900. The van der Waals surface area contributed by atoms with Crippen molar-refractivity contribution in [1.29, 1.82) is 0 Å². The highest BCUT2D eigenvalue weighted by molar-refractivity contribution is 5.27. The molecule has 4 nitrogen and oxygen atoms in total. The van der Waals surface area contributed by atoms with Crippen LogP contribution < -0.4 is 0 Å². The van der Waals surface area contributed by atoms with E-state index in [-0.39, 0.29) is 5.41 Å². The van der Waals surface area contributed by atoms with E-state index in [1.807, 2.05) is 0 Å². The lowest BCUT2D eigenvalue weighted by Crippen LogP contribution is -2.60. The van der Waals surface area contributed by atoms with Gasteiger partial charge < -0.3 is 0 Å². The number of rotatable bonds is 3. The summed E-state index contributed by atoms with van der Waals surface area (Å²) in [5, 5.41) is 7.92. The second kappa shape index (κ2) is 6.46. The van der Waals surface area contributed by atoms with Gasteiger partial charge >= 0.3 is 0 Å². The molecule has 4 aliphatic rings. The summed E-state index contributed by atoms with van der Waals surface area (Å²) in [5.74, 6) is 1.49. The van der Waals surface area contributed by atoms with Crippen molar-refractivity contribution in [2.75, 3.05) is 19.6 Å². The number of piperidine rings is 3. The van der Waals surface area contributed by atoms with Gasteiger partial charge in [0.25, 0.3) is 0 Å². The summed E-state index contributed by atoms with van der Waals surface area (Å²) in [7, 11) is 0. The van der Waals surface area contributed by atoms with Crippen molar-refractivity contribution in [2.45, 2.75) is 63.6 Å². The van der Waals surface area contributed by atoms with Gasteiger partial charge in [-0.2, -0.15) is 5.10 Å². The number of nitrogens with one attached hydrogen (secondary N) is 1. The van der Waals surface area contributed by atoms with E-state index in [0.29, 0.717) is 18.0 Å². The molecule has 2 bridgehead atoms. The van der Waals surface area contributed by atoms with Crippen LogP contribution in [0.4, 0.5) is 0 Å². The molecule has 0 aliphatic carbocycles. The molecule has 1 aromatic heterocycles. The zero-order valence-electron chi connectivity index (χ0n) is 16.9. The Morgan fingerprint density at radius 3 is 2.48 bits per heavy atom. The van der Waals surface area contributed by atoms with Crippen LogP contribution in [0.3, 0.4) is 0 Å². The smallest absolute Gasteiger partial charge is 0.0678 e. The van der Waals surface area contributed by atoms with Crippen LogP contribution in [0, 0.1) is 5.92 Å². The van der Waals surface area contributed by atoms with Crippen LogP contribution >= 0.6 is 0 Å². The average Bonchev–Trinajstić information content (AvgIpc) is 3.30. The second-order valence-corrected chi connectivity index (χ2v) is 9.83. The lowest BCUT2D eigenvalue weighted by atomic mass is 9.75. The Morgan fingerprint density at radius 2 is 1.81 bits per heavy atom. The molecule has 4 aliphatic heterocycles. The second-order valence-electron chi connectivity index (χ2n) is 9.83. The number of H-pyrrole nitrogens is 1. The number of benzene rings is 1. The molecule has 5 heterocycles. The van der Waals surface area contributed by atoms with Crippen LogP contribution in [-0.4, -0.2) is 51.7 Å². The number of nitrogens with zero attached hydrogens (tertiary/aromatic N) is 3. The number of hydrogen-bond donors (Lipinski definition) is 1. The highest BCUT2D eigenvalue weighted by atomic mass is 15.3. The largest absolute Gasteiger partial charge is 0.298 e. The van der Waals surface area contributed by atoms with E-state index in [4.69, 9.17) is 0 Å². The average molecular weight is 365 g/mol. The third-order valence-corrected chi connectivity index (χ3v) is 7.09. The molecule has 0 spiro atoms. The van der Waals surface area contributed by atoms with Crippen LogP contribution in [0.2, 0.25) is 0 Å². The number of fused-ring (bicyclic) bond motifs is 2. The number of likely N-dealkylation sites (tertiary alicyclic amines) is 1. The highest BCUT2D eigenvalue weighted by Gasteiger charge is 2.53. The molecule has 6 rings (SSSR count). The minimum atomic E-state index is 0.102. The maximum Gasteiger partial charge on any atom is 0.0678 e. The summed E-state index contributed by atoms with van der Waals surface area (Å²) in [6.45, 7) is 11.4. The summed E-state index contributed by atoms with van der Waals surface area (Å²) in [6.07, 6.45) is 2.74. The van der Waals surface area contributed by atoms with E-state index in [9.17, 15) is 0 Å². The molecule has 4 fully saturated rings. The molecule has 0 unspecified atom stereocenters. The molecule has 4 saturated heterocycles. The van der Waals surface area contributed by atoms with Crippen molar-refractivity contribution in [1.82, 2.24) is 20.0 Å². The fraction of sp³-hybridized carbons (Fsp3) is 0.609. The van der Waals surface area contributed by atoms with E-state index in [1.165, 1.54) is 42.9 Å². The lowest BCUT2D eigenvalue weighted by molar-refractivity contribution is -0.00898. The van der Waals surface area contributed by atoms with E-state index < -0.39 is 0 Å². The minimum absolute atomic E-state index is 0.102. The van der Waals surface area contributed by atoms with Gasteiger partial charge in [0.05, 0.1) is 5.69 Å². The van der Waals surface area contributed by atoms with Crippen LogP contribution in [0.25, 0.3) is 0 Å². The molecule has 2 aromatic rings. The topological polar surface area (TPSA) is 35.2 Å². The van der Waals surface area contributed by atoms with Crippen molar-refractivity contribution in [3.8, 4) is 0 Å². The van der Waals surface area contributed by atoms with Crippen molar-refractivity contribution < 1.29 is 0 Å². The summed E-state index contributed by atoms with van der Waals surface area (Å²) in [5.41, 5.74) is 4.05. The first-order valence-corrected chi connectivity index (χ1v) is 10.6. The third kappa shape index (κ3) is 3.03. The van der Waals surface area contributed by atoms with Crippen molar-refractivity contribution in [2.24, 2.45) is 5.92 Å². The van der Waals surface area contributed by atoms with Gasteiger partial charge in [0.15, 0.2) is 0 Å². The molecular weight excluding hydrogens is 332 g/mol. The molecule has 0 amide bonds. The van der Waals surface area contributed by atoms with Gasteiger partial charge in [-0.1, -0.05) is 51.1 Å². The standard InChI is InChI=1S/C23H32N4/c1-23(2,3)20-13-18(24-25-20)14-27-15-19(16-7-5-4-6-8-16)22-21(27)17-9-11-26(22)12-10-17/h4-8,13,17,19,21-22H,9-12,14-15H2,1-3H3,(H,24,25)/t19-,21+,22+/m1/s1. The Labute approximate surface area is 162 Å². The Hall–Kier alpha value is -1.65. The van der Waals surface area contributed by atoms with Gasteiger partial charge in [0.1, 0.15) is 0 Å². The maximum atomic E-state index is 4.60. The summed E-state index contributed by atoms with van der Waals surface area (Å²) in [6, 6.07) is 14.9. The minimum Gasteiger partial charge on any atom is -0.298 e. The normalized spacial score (nSPS) is 33.4. The predicted molar refractivity (Wildman–Crippen MR) is 109 cm³/mol. The molecule has 1 N–H and O–H groups in total. The van der Waals surface area contributed by atoms with Crippen LogP contribution in [0.1, 0.15) is 56.5 Å². The fourth-order valence-electron chi connectivity index (χ4n) is 5.76. The zero-order chi connectivity index (χ0) is 18.6. The number of hydrogen-bond acceptors (Lipinski definition) is 3. The van der Waals surface area contributed by atoms with Gasteiger partial charge in [-0.25, -0.2) is 0 Å². The van der Waals surface area contributed by atoms with E-state index in [2.05, 4.69) is 77.2 Å². The molecular formula is C23H32N4. The number of aromatic nitrogens is 2. The Bertz CT molecular complexity index is 782. The molecule has 0 radical (unpaired) electrons. The zero-order valence-corrected chi connectivity index (χ0v) is 16.9. The monoisotopic (exact) mass is 364 g/mol. The van der Waals surface area contributed by atoms with Gasteiger partial charge in [0, 0.05) is 42.2 Å². The summed E-state index contributed by atoms with van der Waals surface area (Å²) >= 11 is 0. The van der Waals surface area contributed by atoms with E-state index in [1.54, 1.807) is 0 Å². The Balaban J connectivity index is 1.43. The van der Waals surface area contributed by atoms with Crippen LogP contribution in [-0.2, 0) is 12.0 Å². The number of aromatic amines is 1. The van der Waals surface area contributed by atoms with Crippen molar-refractivity contribution in [3.05, 3.63) is 53.3 Å². The first kappa shape index (κ1) is 17.4. The Kier molecular flexibility index (Phi) is 4.17. The lowest BCUT2D eigenvalue weighted by Gasteiger charge is -2.51. The van der Waals surface area contributed by atoms with Gasteiger partial charge in [0.2, 0.25) is 0 Å². The first-order valence-electron chi connectivity index (χ1n) is 10.6. The van der Waals surface area contributed by atoms with E-state index in [0.717, 1.165) is 19.0 Å². The molecule has 4 heteroatoms. The fourth-order valence-corrected chi connectivity index (χ4v) is 5.76. The summed E-state index contributed by atoms with van der Waals surface area (Å²) < 4.78 is 0. The molecule has 144 valence electrons. The highest BCUT2D eigenvalue weighted by Crippen LogP contribution is 2.46. The van der Waals surface area contributed by atoms with Gasteiger partial charge in [-0.3, -0.25) is 14.9 Å². The first-order chi connectivity index (χ1) is 13.0. The van der Waals surface area contributed by atoms with Crippen LogP contribution in [0.15, 0.2) is 36.4 Å². The van der Waals surface area contributed by atoms with E-state index >= 15 is 0 Å². The molecule has 27 heavy (non-hydrogen) atoms. The SMILES string of the molecule is CC(C)(C)c1cc(CN2C[C@H](c3ccccc3)[C@H]3[C@@H]2C2CCN3CC2)[nH]n1. The molecule has 1 aromatic carbocycles. The van der Waals surface area contributed by atoms with Crippen molar-refractivity contribution in [3.63, 3.8) is 0 Å². The van der Waals surface area contributed by atoms with Crippen LogP contribution in [0.5, 0.6) is 0 Å². The molecule has 3 atom stereocenters. The van der Waals surface area contributed by atoms with Gasteiger partial charge in [-0.05, 0) is 43.5 Å². The Morgan fingerprint density at radius 1 is 1.07 bits per heavy atom. The molecule has 0 saturated carbocycles. The maximum absolute atomic E-state index is 4.60. The predicted octanol–water partition coefficient (Wildman–Crippen LogP) is 3.77. The van der Waals surface area contributed by atoms with Crippen molar-refractivity contribution >= 4 is 0 Å². The summed E-state index contributed by atoms with van der Waals surface area (Å²) in [4.78, 5) is 5.55.